The molecule has 1 heterocycles. The molecule has 3 atom stereocenters. The maximum Gasteiger partial charge on any atom is 0.312 e. The molecule has 6 heteroatoms. The standard InChI is InChI=1S/C18H25N3O2S/c19-18(23)20-14(12-13-6-2-1-3-7-13)17(22)21-10-11-24-16-9-5-4-8-15(16)21/h1-3,6-7,14-16H,4-5,8-12H2,(H3,19,20,23)/t14-,15-,16-/m1/s1. The van der Waals surface area contributed by atoms with Crippen molar-refractivity contribution in [3.05, 3.63) is 35.9 Å². The van der Waals surface area contributed by atoms with Crippen molar-refractivity contribution < 1.29 is 9.59 Å². The molecular weight excluding hydrogens is 322 g/mol. The second kappa shape index (κ2) is 7.92. The highest BCUT2D eigenvalue weighted by molar-refractivity contribution is 8.00. The van der Waals surface area contributed by atoms with Crippen LogP contribution in [-0.2, 0) is 11.2 Å². The van der Waals surface area contributed by atoms with Crippen molar-refractivity contribution in [3.63, 3.8) is 0 Å². The van der Waals surface area contributed by atoms with E-state index in [0.29, 0.717) is 17.7 Å². The van der Waals surface area contributed by atoms with Crippen LogP contribution in [0, 0.1) is 0 Å². The van der Waals surface area contributed by atoms with Crippen molar-refractivity contribution in [2.45, 2.75) is 49.4 Å². The number of carbonyl (C=O) groups is 2. The van der Waals surface area contributed by atoms with Gasteiger partial charge in [-0.15, -0.1) is 0 Å². The lowest BCUT2D eigenvalue weighted by atomic mass is 9.92. The summed E-state index contributed by atoms with van der Waals surface area (Å²) in [5.74, 6) is 0.983. The molecule has 1 aliphatic carbocycles. The fourth-order valence-corrected chi connectivity index (χ4v) is 5.24. The van der Waals surface area contributed by atoms with E-state index in [0.717, 1.165) is 24.3 Å². The number of urea groups is 1. The molecule has 3 amide bonds. The van der Waals surface area contributed by atoms with Crippen LogP contribution in [0.3, 0.4) is 0 Å². The van der Waals surface area contributed by atoms with E-state index in [1.54, 1.807) is 0 Å². The van der Waals surface area contributed by atoms with Crippen molar-refractivity contribution in [2.75, 3.05) is 12.3 Å². The second-order valence-corrected chi connectivity index (χ2v) is 7.89. The van der Waals surface area contributed by atoms with Gasteiger partial charge in [0.25, 0.3) is 0 Å². The molecule has 24 heavy (non-hydrogen) atoms. The Balaban J connectivity index is 1.75. The number of carbonyl (C=O) groups excluding carboxylic acids is 2. The molecule has 0 spiro atoms. The summed E-state index contributed by atoms with van der Waals surface area (Å²) < 4.78 is 0. The zero-order valence-electron chi connectivity index (χ0n) is 13.8. The van der Waals surface area contributed by atoms with Crippen LogP contribution in [0.15, 0.2) is 30.3 Å². The highest BCUT2D eigenvalue weighted by Gasteiger charge is 2.38. The summed E-state index contributed by atoms with van der Waals surface area (Å²) in [4.78, 5) is 26.5. The van der Waals surface area contributed by atoms with Gasteiger partial charge in [-0.1, -0.05) is 43.2 Å². The number of hydrogen-bond donors (Lipinski definition) is 2. The summed E-state index contributed by atoms with van der Waals surface area (Å²) >= 11 is 1.99. The molecule has 0 radical (unpaired) electrons. The molecule has 1 aliphatic heterocycles. The van der Waals surface area contributed by atoms with Gasteiger partial charge < -0.3 is 16.0 Å². The lowest BCUT2D eigenvalue weighted by Gasteiger charge is -2.44. The SMILES string of the molecule is NC(=O)N[C@H](Cc1ccccc1)C(=O)N1CCS[C@@H]2CCCC[C@H]21. The first-order valence-electron chi connectivity index (χ1n) is 8.67. The van der Waals surface area contributed by atoms with Crippen molar-refractivity contribution in [1.82, 2.24) is 10.2 Å². The van der Waals surface area contributed by atoms with Gasteiger partial charge >= 0.3 is 6.03 Å². The summed E-state index contributed by atoms with van der Waals surface area (Å²) in [6, 6.07) is 8.84. The summed E-state index contributed by atoms with van der Waals surface area (Å²) in [5, 5.41) is 3.21. The van der Waals surface area contributed by atoms with Crippen molar-refractivity contribution >= 4 is 23.7 Å². The van der Waals surface area contributed by atoms with Gasteiger partial charge in [0.2, 0.25) is 5.91 Å². The number of rotatable bonds is 4. The molecule has 1 saturated heterocycles. The molecule has 3 N–H and O–H groups in total. The summed E-state index contributed by atoms with van der Waals surface area (Å²) in [6.45, 7) is 0.760. The number of fused-ring (bicyclic) bond motifs is 1. The highest BCUT2D eigenvalue weighted by Crippen LogP contribution is 2.35. The Morgan fingerprint density at radius 1 is 1.25 bits per heavy atom. The van der Waals surface area contributed by atoms with Crippen LogP contribution in [0.25, 0.3) is 0 Å². The lowest BCUT2D eigenvalue weighted by Crippen LogP contribution is -2.58. The predicted octanol–water partition coefficient (Wildman–Crippen LogP) is 2.15. The van der Waals surface area contributed by atoms with Crippen LogP contribution in [0.4, 0.5) is 4.79 Å². The molecule has 3 rings (SSSR count). The quantitative estimate of drug-likeness (QED) is 0.876. The lowest BCUT2D eigenvalue weighted by molar-refractivity contribution is -0.136. The van der Waals surface area contributed by atoms with Gasteiger partial charge in [0, 0.05) is 30.0 Å². The average Bonchev–Trinajstić information content (AvgIpc) is 2.60. The Labute approximate surface area is 147 Å². The third-order valence-corrected chi connectivity index (χ3v) is 6.31. The average molecular weight is 347 g/mol. The zero-order valence-corrected chi connectivity index (χ0v) is 14.6. The van der Waals surface area contributed by atoms with Crippen LogP contribution in [0.5, 0.6) is 0 Å². The Morgan fingerprint density at radius 3 is 2.75 bits per heavy atom. The molecule has 0 bridgehead atoms. The van der Waals surface area contributed by atoms with E-state index in [4.69, 9.17) is 5.73 Å². The normalized spacial score (nSPS) is 24.8. The van der Waals surface area contributed by atoms with Crippen LogP contribution in [-0.4, -0.2) is 46.5 Å². The number of thioether (sulfide) groups is 1. The van der Waals surface area contributed by atoms with Gasteiger partial charge in [0.1, 0.15) is 6.04 Å². The van der Waals surface area contributed by atoms with Gasteiger partial charge in [0.15, 0.2) is 0 Å². The van der Waals surface area contributed by atoms with Crippen molar-refractivity contribution in [3.8, 4) is 0 Å². The summed E-state index contributed by atoms with van der Waals surface area (Å²) in [6.07, 6.45) is 5.16. The number of benzene rings is 1. The predicted molar refractivity (Wildman–Crippen MR) is 96.9 cm³/mol. The number of primary amides is 1. The van der Waals surface area contributed by atoms with Crippen molar-refractivity contribution in [1.29, 1.82) is 0 Å². The second-order valence-electron chi connectivity index (χ2n) is 6.54. The van der Waals surface area contributed by atoms with E-state index < -0.39 is 12.1 Å². The van der Waals surface area contributed by atoms with E-state index in [-0.39, 0.29) is 5.91 Å². The smallest absolute Gasteiger partial charge is 0.312 e. The Kier molecular flexibility index (Phi) is 5.66. The first-order valence-corrected chi connectivity index (χ1v) is 9.72. The van der Waals surface area contributed by atoms with Crippen molar-refractivity contribution in [2.24, 2.45) is 5.73 Å². The number of hydrogen-bond acceptors (Lipinski definition) is 3. The fraction of sp³-hybridized carbons (Fsp3) is 0.556. The minimum Gasteiger partial charge on any atom is -0.352 e. The molecular formula is C18H25N3O2S. The number of nitrogens with zero attached hydrogens (tertiary/aromatic N) is 1. The molecule has 5 nitrogen and oxygen atoms in total. The van der Waals surface area contributed by atoms with Gasteiger partial charge in [-0.2, -0.15) is 11.8 Å². The van der Waals surface area contributed by atoms with Gasteiger partial charge in [-0.3, -0.25) is 4.79 Å². The summed E-state index contributed by atoms with van der Waals surface area (Å²) in [5.41, 5.74) is 6.35. The van der Waals surface area contributed by atoms with E-state index in [9.17, 15) is 9.59 Å². The molecule has 1 aromatic carbocycles. The number of nitrogens with two attached hydrogens (primary N) is 1. The molecule has 130 valence electrons. The molecule has 1 aromatic rings. The monoisotopic (exact) mass is 347 g/mol. The van der Waals surface area contributed by atoms with Crippen LogP contribution >= 0.6 is 11.8 Å². The molecule has 2 aliphatic rings. The maximum absolute atomic E-state index is 13.1. The van der Waals surface area contributed by atoms with Gasteiger partial charge in [-0.25, -0.2) is 4.79 Å². The minimum absolute atomic E-state index is 0.00912. The molecule has 2 fully saturated rings. The van der Waals surface area contributed by atoms with E-state index in [1.807, 2.05) is 47.0 Å². The van der Waals surface area contributed by atoms with Crippen LogP contribution in [0.2, 0.25) is 0 Å². The minimum atomic E-state index is -0.643. The Bertz CT molecular complexity index is 579. The largest absolute Gasteiger partial charge is 0.352 e. The maximum atomic E-state index is 13.1. The topological polar surface area (TPSA) is 75.4 Å². The highest BCUT2D eigenvalue weighted by atomic mass is 32.2. The first kappa shape index (κ1) is 17.1. The fourth-order valence-electron chi connectivity index (χ4n) is 3.79. The molecule has 0 aromatic heterocycles. The Morgan fingerprint density at radius 2 is 2.00 bits per heavy atom. The number of amides is 3. The first-order chi connectivity index (χ1) is 11.6. The third kappa shape index (κ3) is 4.04. The van der Waals surface area contributed by atoms with E-state index >= 15 is 0 Å². The third-order valence-electron chi connectivity index (χ3n) is 4.91. The summed E-state index contributed by atoms with van der Waals surface area (Å²) in [7, 11) is 0. The van der Waals surface area contributed by atoms with Gasteiger partial charge in [-0.05, 0) is 18.4 Å². The van der Waals surface area contributed by atoms with Gasteiger partial charge in [0.05, 0.1) is 0 Å². The van der Waals surface area contributed by atoms with E-state index in [2.05, 4.69) is 5.32 Å². The van der Waals surface area contributed by atoms with Crippen LogP contribution in [0.1, 0.15) is 31.2 Å². The number of nitrogens with one attached hydrogen (secondary N) is 1. The van der Waals surface area contributed by atoms with Crippen LogP contribution < -0.4 is 11.1 Å². The molecule has 0 unspecified atom stereocenters. The molecule has 1 saturated carbocycles. The Hall–Kier alpha value is -1.69. The zero-order chi connectivity index (χ0) is 16.9. The van der Waals surface area contributed by atoms with E-state index in [1.165, 1.54) is 19.3 Å².